The van der Waals surface area contributed by atoms with Gasteiger partial charge in [0.05, 0.1) is 22.0 Å². The molecule has 200 valence electrons. The van der Waals surface area contributed by atoms with Crippen LogP contribution in [0.4, 0.5) is 0 Å². The molecule has 0 saturated carbocycles. The zero-order valence-electron chi connectivity index (χ0n) is 21.4. The van der Waals surface area contributed by atoms with E-state index in [2.05, 4.69) is 62.2 Å². The van der Waals surface area contributed by atoms with E-state index < -0.39 is 0 Å². The maximum atomic E-state index is 12.7. The Kier molecular flexibility index (Phi) is 8.70. The summed E-state index contributed by atoms with van der Waals surface area (Å²) in [6, 6.07) is 32.9. The zero-order valence-corrected chi connectivity index (χ0v) is 24.5. The van der Waals surface area contributed by atoms with Crippen LogP contribution >= 0.6 is 39.1 Å². The van der Waals surface area contributed by atoms with Crippen molar-refractivity contribution in [2.45, 2.75) is 13.5 Å². The molecule has 1 N–H and O–H groups in total. The first-order chi connectivity index (χ1) is 19.4. The van der Waals surface area contributed by atoms with E-state index in [0.29, 0.717) is 33.5 Å². The van der Waals surface area contributed by atoms with Crippen LogP contribution in [-0.2, 0) is 6.61 Å². The molecule has 5 rings (SSSR count). The van der Waals surface area contributed by atoms with Gasteiger partial charge in [-0.15, -0.1) is 0 Å². The van der Waals surface area contributed by atoms with E-state index in [4.69, 9.17) is 27.9 Å². The first-order valence-corrected chi connectivity index (χ1v) is 14.0. The molecule has 0 aliphatic rings. The van der Waals surface area contributed by atoms with Crippen molar-refractivity contribution in [3.63, 3.8) is 0 Å². The second kappa shape index (κ2) is 12.6. The van der Waals surface area contributed by atoms with Gasteiger partial charge in [0.1, 0.15) is 6.61 Å². The van der Waals surface area contributed by atoms with Crippen LogP contribution in [0.5, 0.6) is 5.75 Å². The fourth-order valence-electron chi connectivity index (χ4n) is 4.24. The van der Waals surface area contributed by atoms with Crippen LogP contribution < -0.4 is 10.2 Å². The number of carbonyl (C=O) groups excluding carboxylic acids is 1. The van der Waals surface area contributed by atoms with Gasteiger partial charge in [-0.05, 0) is 84.3 Å². The Bertz CT molecular complexity index is 1640. The van der Waals surface area contributed by atoms with E-state index in [9.17, 15) is 4.79 Å². The Morgan fingerprint density at radius 2 is 1.60 bits per heavy atom. The molecular formula is C32H24BrCl2N3O2. The van der Waals surface area contributed by atoms with Gasteiger partial charge in [0.2, 0.25) is 0 Å². The van der Waals surface area contributed by atoms with E-state index in [-0.39, 0.29) is 5.91 Å². The summed E-state index contributed by atoms with van der Waals surface area (Å²) < 4.78 is 8.98. The monoisotopic (exact) mass is 631 g/mol. The number of hydrazone groups is 1. The van der Waals surface area contributed by atoms with Gasteiger partial charge < -0.3 is 9.30 Å². The number of aromatic nitrogens is 1. The van der Waals surface area contributed by atoms with Crippen LogP contribution in [0.25, 0.3) is 16.9 Å². The minimum absolute atomic E-state index is 0.326. The number of ether oxygens (including phenoxy) is 1. The van der Waals surface area contributed by atoms with E-state index in [0.717, 1.165) is 32.7 Å². The van der Waals surface area contributed by atoms with Crippen LogP contribution in [-0.4, -0.2) is 16.7 Å². The molecule has 0 saturated heterocycles. The van der Waals surface area contributed by atoms with Crippen LogP contribution in [0.1, 0.15) is 27.2 Å². The summed E-state index contributed by atoms with van der Waals surface area (Å²) in [5, 5.41) is 4.78. The molecule has 40 heavy (non-hydrogen) atoms. The average molecular weight is 633 g/mol. The molecular weight excluding hydrogens is 609 g/mol. The lowest BCUT2D eigenvalue weighted by Gasteiger charge is -2.13. The van der Waals surface area contributed by atoms with Gasteiger partial charge in [-0.3, -0.25) is 4.79 Å². The van der Waals surface area contributed by atoms with Crippen molar-refractivity contribution in [1.82, 2.24) is 9.99 Å². The fraction of sp³-hybridized carbons (Fsp3) is 0.0625. The third-order valence-electron chi connectivity index (χ3n) is 6.23. The highest BCUT2D eigenvalue weighted by molar-refractivity contribution is 9.10. The number of nitrogens with zero attached hydrogens (tertiary/aromatic N) is 2. The molecule has 1 heterocycles. The molecule has 0 spiro atoms. The lowest BCUT2D eigenvalue weighted by Crippen LogP contribution is -2.17. The standard InChI is InChI=1S/C32H24BrCl2N3O2/c1-21-7-16-30(24-5-3-2-4-6-24)38(21)27-14-10-25(11-15-27)32(39)37-36-19-23-17-28(34)31(29(35)18-23)40-20-22-8-12-26(33)13-9-22/h2-19H,20H2,1H3,(H,37,39)/b36-19+. The highest BCUT2D eigenvalue weighted by Crippen LogP contribution is 2.34. The number of hydrogen-bond donors (Lipinski definition) is 1. The minimum atomic E-state index is -0.332. The predicted octanol–water partition coefficient (Wildman–Crippen LogP) is 8.86. The Balaban J connectivity index is 1.23. The molecule has 0 bridgehead atoms. The first-order valence-electron chi connectivity index (χ1n) is 12.4. The normalized spacial score (nSPS) is 11.1. The second-order valence-corrected chi connectivity index (χ2v) is 10.8. The van der Waals surface area contributed by atoms with E-state index in [1.807, 2.05) is 54.6 Å². The van der Waals surface area contributed by atoms with E-state index >= 15 is 0 Å². The van der Waals surface area contributed by atoms with Crippen molar-refractivity contribution in [2.24, 2.45) is 5.10 Å². The van der Waals surface area contributed by atoms with Crippen LogP contribution in [0.3, 0.4) is 0 Å². The molecule has 4 aromatic carbocycles. The average Bonchev–Trinajstić information content (AvgIpc) is 3.35. The van der Waals surface area contributed by atoms with Gasteiger partial charge in [0, 0.05) is 21.4 Å². The van der Waals surface area contributed by atoms with Crippen molar-refractivity contribution in [3.05, 3.63) is 140 Å². The van der Waals surface area contributed by atoms with Crippen molar-refractivity contribution in [3.8, 4) is 22.7 Å². The van der Waals surface area contributed by atoms with Gasteiger partial charge in [0.25, 0.3) is 5.91 Å². The molecule has 0 radical (unpaired) electrons. The summed E-state index contributed by atoms with van der Waals surface area (Å²) >= 11 is 16.2. The van der Waals surface area contributed by atoms with Gasteiger partial charge in [-0.2, -0.15) is 5.10 Å². The van der Waals surface area contributed by atoms with E-state index in [1.165, 1.54) is 6.21 Å². The Hall–Kier alpha value is -3.84. The summed E-state index contributed by atoms with van der Waals surface area (Å²) in [5.74, 6) is 0.0582. The van der Waals surface area contributed by atoms with Crippen molar-refractivity contribution in [2.75, 3.05) is 0 Å². The molecule has 0 aliphatic carbocycles. The fourth-order valence-corrected chi connectivity index (χ4v) is 5.11. The second-order valence-electron chi connectivity index (χ2n) is 9.04. The topological polar surface area (TPSA) is 55.6 Å². The summed E-state index contributed by atoms with van der Waals surface area (Å²) in [4.78, 5) is 12.7. The highest BCUT2D eigenvalue weighted by atomic mass is 79.9. The minimum Gasteiger partial charge on any atom is -0.486 e. The lowest BCUT2D eigenvalue weighted by molar-refractivity contribution is 0.0955. The molecule has 1 amide bonds. The first kappa shape index (κ1) is 27.7. The van der Waals surface area contributed by atoms with Gasteiger partial charge in [0.15, 0.2) is 5.75 Å². The van der Waals surface area contributed by atoms with Crippen molar-refractivity contribution < 1.29 is 9.53 Å². The molecule has 0 fully saturated rings. The van der Waals surface area contributed by atoms with Crippen molar-refractivity contribution >= 4 is 51.3 Å². The number of nitrogens with one attached hydrogen (secondary N) is 1. The number of carbonyl (C=O) groups is 1. The maximum absolute atomic E-state index is 12.7. The van der Waals surface area contributed by atoms with Crippen molar-refractivity contribution in [1.29, 1.82) is 0 Å². The Morgan fingerprint density at radius 1 is 0.925 bits per heavy atom. The molecule has 1 aromatic heterocycles. The van der Waals surface area contributed by atoms with E-state index in [1.54, 1.807) is 24.3 Å². The molecule has 5 aromatic rings. The number of benzene rings is 4. The molecule has 0 atom stereocenters. The summed E-state index contributed by atoms with van der Waals surface area (Å²) in [5.41, 5.74) is 8.92. The summed E-state index contributed by atoms with van der Waals surface area (Å²) in [6.45, 7) is 2.38. The van der Waals surface area contributed by atoms with Gasteiger partial charge in [-0.1, -0.05) is 81.6 Å². The molecule has 5 nitrogen and oxygen atoms in total. The predicted molar refractivity (Wildman–Crippen MR) is 166 cm³/mol. The largest absolute Gasteiger partial charge is 0.486 e. The number of halogens is 3. The van der Waals surface area contributed by atoms with Crippen LogP contribution in [0.2, 0.25) is 10.0 Å². The van der Waals surface area contributed by atoms with Crippen LogP contribution in [0.15, 0.2) is 113 Å². The molecule has 0 unspecified atom stereocenters. The summed E-state index contributed by atoms with van der Waals surface area (Å²) in [6.07, 6.45) is 1.48. The zero-order chi connectivity index (χ0) is 28.1. The third-order valence-corrected chi connectivity index (χ3v) is 7.32. The SMILES string of the molecule is Cc1ccc(-c2ccccc2)n1-c1ccc(C(=O)N/N=C/c2cc(Cl)c(OCc3ccc(Br)cc3)c(Cl)c2)cc1. The quantitative estimate of drug-likeness (QED) is 0.137. The third kappa shape index (κ3) is 6.48. The highest BCUT2D eigenvalue weighted by Gasteiger charge is 2.12. The number of rotatable bonds is 8. The smallest absolute Gasteiger partial charge is 0.271 e. The van der Waals surface area contributed by atoms with Gasteiger partial charge in [-0.25, -0.2) is 5.43 Å². The Labute approximate surface area is 251 Å². The molecule has 8 heteroatoms. The number of hydrogen-bond acceptors (Lipinski definition) is 3. The lowest BCUT2D eigenvalue weighted by atomic mass is 10.1. The summed E-state index contributed by atoms with van der Waals surface area (Å²) in [7, 11) is 0. The van der Waals surface area contributed by atoms with Gasteiger partial charge >= 0.3 is 0 Å². The number of amides is 1. The maximum Gasteiger partial charge on any atom is 0.271 e. The number of aryl methyl sites for hydroxylation is 1. The molecule has 0 aliphatic heterocycles. The Morgan fingerprint density at radius 3 is 2.27 bits per heavy atom. The van der Waals surface area contributed by atoms with Crippen LogP contribution in [0, 0.1) is 6.92 Å².